The molecular weight excluding hydrogens is 172 g/mol. The van der Waals surface area contributed by atoms with E-state index in [-0.39, 0.29) is 11.5 Å². The monoisotopic (exact) mass is 196 g/mol. The van der Waals surface area contributed by atoms with E-state index in [1.165, 1.54) is 0 Å². The largest absolute Gasteiger partial charge is 0.330 e. The molecule has 82 valence electrons. The van der Waals surface area contributed by atoms with E-state index < -0.39 is 0 Å². The van der Waals surface area contributed by atoms with Gasteiger partial charge in [-0.15, -0.1) is 6.42 Å². The van der Waals surface area contributed by atoms with Crippen LogP contribution in [0, 0.1) is 17.8 Å². The molecule has 0 aliphatic carbocycles. The van der Waals surface area contributed by atoms with Crippen LogP contribution in [0.1, 0.15) is 34.1 Å². The third-order valence-electron chi connectivity index (χ3n) is 2.61. The lowest BCUT2D eigenvalue weighted by Crippen LogP contribution is -2.43. The highest BCUT2D eigenvalue weighted by molar-refractivity contribution is 4.99. The van der Waals surface area contributed by atoms with Crippen molar-refractivity contribution < 1.29 is 0 Å². The van der Waals surface area contributed by atoms with Crippen LogP contribution < -0.4 is 5.73 Å². The van der Waals surface area contributed by atoms with Crippen LogP contribution in [-0.4, -0.2) is 30.6 Å². The van der Waals surface area contributed by atoms with E-state index in [1.807, 2.05) is 0 Å². The smallest absolute Gasteiger partial charge is 0.0709 e. The van der Waals surface area contributed by atoms with Gasteiger partial charge in [-0.2, -0.15) is 0 Å². The number of nitrogens with two attached hydrogens (primary N) is 1. The highest BCUT2D eigenvalue weighted by Gasteiger charge is 2.22. The standard InChI is InChI=1S/C12H24N2/c1-6-11(7-2)14(8-3)10-12(4,5)9-13/h1,11H,7-10,13H2,2-5H3. The fourth-order valence-electron chi connectivity index (χ4n) is 1.54. The predicted octanol–water partition coefficient (Wildman–Crippen LogP) is 1.71. The molecule has 0 aliphatic heterocycles. The topological polar surface area (TPSA) is 29.3 Å². The van der Waals surface area contributed by atoms with Gasteiger partial charge < -0.3 is 5.73 Å². The zero-order valence-electron chi connectivity index (χ0n) is 10.0. The van der Waals surface area contributed by atoms with Gasteiger partial charge in [-0.25, -0.2) is 0 Å². The predicted molar refractivity (Wildman–Crippen MR) is 63.0 cm³/mol. The minimum Gasteiger partial charge on any atom is -0.330 e. The Morgan fingerprint density at radius 1 is 1.43 bits per heavy atom. The lowest BCUT2D eigenvalue weighted by molar-refractivity contribution is 0.162. The maximum atomic E-state index is 5.71. The minimum absolute atomic E-state index is 0.153. The summed E-state index contributed by atoms with van der Waals surface area (Å²) in [6.07, 6.45) is 6.50. The fourth-order valence-corrected chi connectivity index (χ4v) is 1.54. The molecule has 0 aromatic carbocycles. The van der Waals surface area contributed by atoms with Crippen molar-refractivity contribution in [2.45, 2.75) is 40.2 Å². The normalized spacial score (nSPS) is 14.1. The van der Waals surface area contributed by atoms with E-state index in [1.54, 1.807) is 0 Å². The van der Waals surface area contributed by atoms with Gasteiger partial charge in [0.15, 0.2) is 0 Å². The van der Waals surface area contributed by atoms with Gasteiger partial charge >= 0.3 is 0 Å². The molecule has 2 N–H and O–H groups in total. The van der Waals surface area contributed by atoms with Gasteiger partial charge in [-0.1, -0.05) is 33.6 Å². The molecule has 0 saturated carbocycles. The molecule has 1 unspecified atom stereocenters. The maximum absolute atomic E-state index is 5.71. The van der Waals surface area contributed by atoms with E-state index in [9.17, 15) is 0 Å². The molecule has 0 aromatic rings. The summed E-state index contributed by atoms with van der Waals surface area (Å²) in [5.74, 6) is 2.83. The summed E-state index contributed by atoms with van der Waals surface area (Å²) < 4.78 is 0. The lowest BCUT2D eigenvalue weighted by Gasteiger charge is -2.34. The van der Waals surface area contributed by atoms with Crippen molar-refractivity contribution in [3.63, 3.8) is 0 Å². The fraction of sp³-hybridized carbons (Fsp3) is 0.833. The second-order valence-electron chi connectivity index (χ2n) is 4.52. The molecule has 0 bridgehead atoms. The van der Waals surface area contributed by atoms with Gasteiger partial charge in [-0.05, 0) is 24.9 Å². The van der Waals surface area contributed by atoms with Crippen LogP contribution in [-0.2, 0) is 0 Å². The Labute approximate surface area is 88.9 Å². The highest BCUT2D eigenvalue weighted by Crippen LogP contribution is 2.17. The Morgan fingerprint density at radius 2 is 2.00 bits per heavy atom. The van der Waals surface area contributed by atoms with Crippen LogP contribution >= 0.6 is 0 Å². The van der Waals surface area contributed by atoms with Crippen LogP contribution in [0.15, 0.2) is 0 Å². The van der Waals surface area contributed by atoms with Crippen molar-refractivity contribution in [1.82, 2.24) is 4.90 Å². The Hall–Kier alpha value is -0.520. The molecule has 0 fully saturated rings. The molecule has 0 amide bonds. The Kier molecular flexibility index (Phi) is 5.83. The van der Waals surface area contributed by atoms with Crippen molar-refractivity contribution in [3.8, 4) is 12.3 Å². The number of nitrogens with zero attached hydrogens (tertiary/aromatic N) is 1. The summed E-state index contributed by atoms with van der Waals surface area (Å²) in [4.78, 5) is 2.33. The van der Waals surface area contributed by atoms with Gasteiger partial charge in [-0.3, -0.25) is 4.90 Å². The van der Waals surface area contributed by atoms with Gasteiger partial charge in [0.25, 0.3) is 0 Å². The summed E-state index contributed by atoms with van der Waals surface area (Å²) >= 11 is 0. The molecule has 2 heteroatoms. The molecule has 2 nitrogen and oxygen atoms in total. The second kappa shape index (κ2) is 6.06. The van der Waals surface area contributed by atoms with Crippen LogP contribution in [0.5, 0.6) is 0 Å². The van der Waals surface area contributed by atoms with E-state index in [0.717, 1.165) is 19.5 Å². The van der Waals surface area contributed by atoms with Crippen molar-refractivity contribution in [2.24, 2.45) is 11.1 Å². The van der Waals surface area contributed by atoms with Crippen molar-refractivity contribution in [3.05, 3.63) is 0 Å². The van der Waals surface area contributed by atoms with Gasteiger partial charge in [0, 0.05) is 6.54 Å². The quantitative estimate of drug-likeness (QED) is 0.655. The third-order valence-corrected chi connectivity index (χ3v) is 2.61. The van der Waals surface area contributed by atoms with Crippen molar-refractivity contribution in [1.29, 1.82) is 0 Å². The Bertz CT molecular complexity index is 191. The summed E-state index contributed by atoms with van der Waals surface area (Å²) in [5.41, 5.74) is 5.87. The first kappa shape index (κ1) is 13.5. The maximum Gasteiger partial charge on any atom is 0.0709 e. The number of hydrogen-bond acceptors (Lipinski definition) is 2. The molecule has 0 aliphatic rings. The molecular formula is C12H24N2. The second-order valence-corrected chi connectivity index (χ2v) is 4.52. The van der Waals surface area contributed by atoms with Crippen LogP contribution in [0.3, 0.4) is 0 Å². The molecule has 0 aromatic heterocycles. The average molecular weight is 196 g/mol. The van der Waals surface area contributed by atoms with E-state index in [2.05, 4.69) is 38.5 Å². The van der Waals surface area contributed by atoms with Crippen molar-refractivity contribution in [2.75, 3.05) is 19.6 Å². The third kappa shape index (κ3) is 4.13. The first-order chi connectivity index (χ1) is 6.50. The van der Waals surface area contributed by atoms with E-state index in [4.69, 9.17) is 12.2 Å². The molecule has 14 heavy (non-hydrogen) atoms. The lowest BCUT2D eigenvalue weighted by atomic mass is 9.92. The molecule has 0 radical (unpaired) electrons. The summed E-state index contributed by atoms with van der Waals surface area (Å²) in [6, 6.07) is 0.255. The van der Waals surface area contributed by atoms with Crippen LogP contribution in [0.4, 0.5) is 0 Å². The van der Waals surface area contributed by atoms with E-state index in [0.29, 0.717) is 6.54 Å². The van der Waals surface area contributed by atoms with Crippen LogP contribution in [0.2, 0.25) is 0 Å². The molecule has 0 rings (SSSR count). The van der Waals surface area contributed by atoms with Gasteiger partial charge in [0.05, 0.1) is 6.04 Å². The zero-order chi connectivity index (χ0) is 11.2. The number of hydrogen-bond donors (Lipinski definition) is 1. The highest BCUT2D eigenvalue weighted by atomic mass is 15.2. The van der Waals surface area contributed by atoms with Crippen molar-refractivity contribution >= 4 is 0 Å². The molecule has 0 saturated heterocycles. The SMILES string of the molecule is C#CC(CC)N(CC)CC(C)(C)CN. The first-order valence-electron chi connectivity index (χ1n) is 5.41. The Morgan fingerprint density at radius 3 is 2.29 bits per heavy atom. The average Bonchev–Trinajstić information content (AvgIpc) is 2.18. The van der Waals surface area contributed by atoms with E-state index >= 15 is 0 Å². The minimum atomic E-state index is 0.153. The Balaban J connectivity index is 4.36. The first-order valence-corrected chi connectivity index (χ1v) is 5.41. The molecule has 1 atom stereocenters. The molecule has 0 heterocycles. The number of rotatable bonds is 6. The van der Waals surface area contributed by atoms with Crippen LogP contribution in [0.25, 0.3) is 0 Å². The molecule has 0 spiro atoms. The summed E-state index contributed by atoms with van der Waals surface area (Å²) in [5, 5.41) is 0. The summed E-state index contributed by atoms with van der Waals surface area (Å²) in [7, 11) is 0. The summed E-state index contributed by atoms with van der Waals surface area (Å²) in [6.45, 7) is 11.3. The van der Waals surface area contributed by atoms with Gasteiger partial charge in [0.2, 0.25) is 0 Å². The number of terminal acetylenes is 1. The van der Waals surface area contributed by atoms with Gasteiger partial charge in [0.1, 0.15) is 0 Å². The zero-order valence-corrected chi connectivity index (χ0v) is 10.0.